The van der Waals surface area contributed by atoms with Crippen LogP contribution in [0.4, 0.5) is 8.78 Å². The average molecular weight is 149 g/mol. The maximum atomic E-state index is 12.6. The van der Waals surface area contributed by atoms with E-state index in [9.17, 15) is 8.78 Å². The van der Waals surface area contributed by atoms with Gasteiger partial charge in [0.1, 0.15) is 0 Å². The summed E-state index contributed by atoms with van der Waals surface area (Å²) < 4.78 is 25.3. The van der Waals surface area contributed by atoms with Gasteiger partial charge >= 0.3 is 0 Å². The van der Waals surface area contributed by atoms with Crippen molar-refractivity contribution in [3.05, 3.63) is 0 Å². The summed E-state index contributed by atoms with van der Waals surface area (Å²) in [4.78, 5) is 0. The molecule has 1 nitrogen and oxygen atoms in total. The van der Waals surface area contributed by atoms with Crippen LogP contribution >= 0.6 is 0 Å². The van der Waals surface area contributed by atoms with E-state index in [4.69, 9.17) is 5.73 Å². The Kier molecular flexibility index (Phi) is 2.24. The number of hydrogen-bond donors (Lipinski definition) is 1. The van der Waals surface area contributed by atoms with Gasteiger partial charge in [-0.3, -0.25) is 0 Å². The van der Waals surface area contributed by atoms with E-state index in [0.717, 1.165) is 12.8 Å². The molecule has 0 spiro atoms. The molecule has 1 aliphatic rings. The summed E-state index contributed by atoms with van der Waals surface area (Å²) in [5.41, 5.74) is 5.43. The summed E-state index contributed by atoms with van der Waals surface area (Å²) in [6, 6.07) is -0.280. The molecule has 0 amide bonds. The fraction of sp³-hybridized carbons (Fsp3) is 1.00. The van der Waals surface area contributed by atoms with E-state index >= 15 is 0 Å². The molecule has 0 saturated heterocycles. The maximum Gasteiger partial charge on any atom is 0.249 e. The molecule has 1 atom stereocenters. The van der Waals surface area contributed by atoms with Crippen LogP contribution in [0.3, 0.4) is 0 Å². The van der Waals surface area contributed by atoms with Gasteiger partial charge in [-0.1, -0.05) is 6.42 Å². The molecule has 1 saturated carbocycles. The Bertz CT molecular complexity index is 114. The lowest BCUT2D eigenvalue weighted by molar-refractivity contribution is -0.0172. The third-order valence-electron chi connectivity index (χ3n) is 1.93. The Labute approximate surface area is 59.6 Å². The first kappa shape index (κ1) is 7.92. The molecular formula is C7H13F2N. The normalized spacial score (nSPS) is 33.3. The summed E-state index contributed by atoms with van der Waals surface area (Å²) >= 11 is 0. The minimum atomic E-state index is -2.49. The van der Waals surface area contributed by atoms with Gasteiger partial charge in [0.15, 0.2) is 0 Å². The molecule has 0 aromatic rings. The Balaban J connectivity index is 2.46. The Morgan fingerprint density at radius 2 is 2.00 bits per heavy atom. The molecule has 1 fully saturated rings. The lowest BCUT2D eigenvalue weighted by atomic mass is 10.1. The largest absolute Gasteiger partial charge is 0.327 e. The summed E-state index contributed by atoms with van der Waals surface area (Å²) in [6.07, 6.45) is 2.15. The smallest absolute Gasteiger partial charge is 0.249 e. The van der Waals surface area contributed by atoms with Gasteiger partial charge in [0, 0.05) is 18.9 Å². The van der Waals surface area contributed by atoms with E-state index < -0.39 is 5.92 Å². The van der Waals surface area contributed by atoms with Gasteiger partial charge in [0.2, 0.25) is 5.92 Å². The molecule has 2 N–H and O–H groups in total. The highest BCUT2D eigenvalue weighted by molar-refractivity contribution is 4.77. The van der Waals surface area contributed by atoms with Crippen molar-refractivity contribution in [3.63, 3.8) is 0 Å². The Morgan fingerprint density at radius 1 is 1.30 bits per heavy atom. The number of nitrogens with two attached hydrogens (primary N) is 1. The molecule has 10 heavy (non-hydrogen) atoms. The molecule has 0 radical (unpaired) electrons. The number of rotatable bonds is 0. The van der Waals surface area contributed by atoms with Crippen molar-refractivity contribution >= 4 is 0 Å². The molecule has 0 bridgehead atoms. The second-order valence-electron chi connectivity index (χ2n) is 3.07. The lowest BCUT2D eigenvalue weighted by Crippen LogP contribution is -2.27. The highest BCUT2D eigenvalue weighted by Crippen LogP contribution is 2.30. The number of hydrogen-bond acceptors (Lipinski definition) is 1. The first-order chi connectivity index (χ1) is 4.60. The molecule has 0 aromatic carbocycles. The van der Waals surface area contributed by atoms with Crippen LogP contribution in [0.15, 0.2) is 0 Å². The molecule has 60 valence electrons. The van der Waals surface area contributed by atoms with E-state index in [1.165, 1.54) is 0 Å². The van der Waals surface area contributed by atoms with Crippen LogP contribution in [0.2, 0.25) is 0 Å². The fourth-order valence-electron chi connectivity index (χ4n) is 1.38. The monoisotopic (exact) mass is 149 g/mol. The first-order valence-corrected chi connectivity index (χ1v) is 3.73. The van der Waals surface area contributed by atoms with E-state index in [1.807, 2.05) is 0 Å². The van der Waals surface area contributed by atoms with E-state index in [-0.39, 0.29) is 18.9 Å². The minimum Gasteiger partial charge on any atom is -0.327 e. The Morgan fingerprint density at radius 3 is 2.70 bits per heavy atom. The quantitative estimate of drug-likeness (QED) is 0.523. The molecule has 0 unspecified atom stereocenters. The van der Waals surface area contributed by atoms with Gasteiger partial charge in [0.25, 0.3) is 0 Å². The lowest BCUT2D eigenvalue weighted by Gasteiger charge is -2.15. The third-order valence-corrected chi connectivity index (χ3v) is 1.93. The molecule has 1 aliphatic carbocycles. The summed E-state index contributed by atoms with van der Waals surface area (Å²) in [5.74, 6) is -2.49. The van der Waals surface area contributed by atoms with Crippen LogP contribution in [0.5, 0.6) is 0 Å². The van der Waals surface area contributed by atoms with Gasteiger partial charge in [-0.2, -0.15) is 0 Å². The second-order valence-corrected chi connectivity index (χ2v) is 3.07. The summed E-state index contributed by atoms with van der Waals surface area (Å²) in [7, 11) is 0. The van der Waals surface area contributed by atoms with Crippen LogP contribution in [0.1, 0.15) is 32.1 Å². The van der Waals surface area contributed by atoms with Crippen molar-refractivity contribution in [1.82, 2.24) is 0 Å². The van der Waals surface area contributed by atoms with Crippen LogP contribution < -0.4 is 5.73 Å². The van der Waals surface area contributed by atoms with Gasteiger partial charge in [-0.05, 0) is 12.8 Å². The highest BCUT2D eigenvalue weighted by atomic mass is 19.3. The molecule has 0 heterocycles. The first-order valence-electron chi connectivity index (χ1n) is 3.73. The zero-order valence-electron chi connectivity index (χ0n) is 5.95. The zero-order chi connectivity index (χ0) is 7.61. The van der Waals surface area contributed by atoms with E-state index in [2.05, 4.69) is 0 Å². The predicted octanol–water partition coefficient (Wildman–Crippen LogP) is 1.91. The molecule has 3 heteroatoms. The molecule has 1 rings (SSSR count). The van der Waals surface area contributed by atoms with Crippen LogP contribution in [-0.4, -0.2) is 12.0 Å². The van der Waals surface area contributed by atoms with Crippen molar-refractivity contribution in [2.24, 2.45) is 5.73 Å². The highest BCUT2D eigenvalue weighted by Gasteiger charge is 2.32. The standard InChI is InChI=1S/C7H13F2N/c8-7(9)4-2-1-3-6(10)5-7/h6H,1-5,10H2/t6-/m0/s1. The topological polar surface area (TPSA) is 26.0 Å². The van der Waals surface area contributed by atoms with Crippen molar-refractivity contribution < 1.29 is 8.78 Å². The van der Waals surface area contributed by atoms with E-state index in [1.54, 1.807) is 0 Å². The van der Waals surface area contributed by atoms with Crippen molar-refractivity contribution in [1.29, 1.82) is 0 Å². The van der Waals surface area contributed by atoms with Crippen LogP contribution in [0.25, 0.3) is 0 Å². The number of alkyl halides is 2. The zero-order valence-corrected chi connectivity index (χ0v) is 5.95. The van der Waals surface area contributed by atoms with Gasteiger partial charge in [0.05, 0.1) is 0 Å². The minimum absolute atomic E-state index is 0.0285. The SMILES string of the molecule is N[C@H]1CCCCC(F)(F)C1. The van der Waals surface area contributed by atoms with Crippen molar-refractivity contribution in [3.8, 4) is 0 Å². The van der Waals surface area contributed by atoms with Gasteiger partial charge in [-0.15, -0.1) is 0 Å². The molecule has 0 aromatic heterocycles. The van der Waals surface area contributed by atoms with Crippen molar-refractivity contribution in [2.45, 2.75) is 44.1 Å². The average Bonchev–Trinajstić information content (AvgIpc) is 1.90. The molecular weight excluding hydrogens is 136 g/mol. The Hall–Kier alpha value is -0.180. The summed E-state index contributed by atoms with van der Waals surface area (Å²) in [5, 5.41) is 0. The number of halogens is 2. The summed E-state index contributed by atoms with van der Waals surface area (Å²) in [6.45, 7) is 0. The van der Waals surface area contributed by atoms with Crippen molar-refractivity contribution in [2.75, 3.05) is 0 Å². The predicted molar refractivity (Wildman–Crippen MR) is 36.0 cm³/mol. The fourth-order valence-corrected chi connectivity index (χ4v) is 1.38. The third kappa shape index (κ3) is 2.21. The van der Waals surface area contributed by atoms with Crippen LogP contribution in [0, 0.1) is 0 Å². The van der Waals surface area contributed by atoms with E-state index in [0.29, 0.717) is 6.42 Å². The maximum absolute atomic E-state index is 12.6. The second kappa shape index (κ2) is 2.82. The van der Waals surface area contributed by atoms with Crippen LogP contribution in [-0.2, 0) is 0 Å². The molecule has 0 aliphatic heterocycles. The van der Waals surface area contributed by atoms with Gasteiger partial charge < -0.3 is 5.73 Å². The van der Waals surface area contributed by atoms with Gasteiger partial charge in [-0.25, -0.2) is 8.78 Å².